The predicted molar refractivity (Wildman–Crippen MR) is 73.8 cm³/mol. The highest BCUT2D eigenvalue weighted by Gasteiger charge is 2.37. The number of nitrogens with zero attached hydrogens (tertiary/aromatic N) is 2. The van der Waals surface area contributed by atoms with Crippen LogP contribution in [0, 0.1) is 6.92 Å². The number of ether oxygens (including phenoxy) is 1. The van der Waals surface area contributed by atoms with Crippen molar-refractivity contribution in [3.05, 3.63) is 23.3 Å². The molecule has 0 saturated heterocycles. The van der Waals surface area contributed by atoms with Crippen molar-refractivity contribution in [3.8, 4) is 0 Å². The first kappa shape index (κ1) is 14.4. The van der Waals surface area contributed by atoms with Crippen LogP contribution in [0.1, 0.15) is 69.1 Å². The van der Waals surface area contributed by atoms with Crippen molar-refractivity contribution in [1.82, 2.24) is 9.97 Å². The van der Waals surface area contributed by atoms with Crippen molar-refractivity contribution in [1.29, 1.82) is 0 Å². The van der Waals surface area contributed by atoms with E-state index in [1.807, 2.05) is 13.8 Å². The molecule has 1 aromatic rings. The number of aryl methyl sites for hydroxylation is 1. The maximum Gasteiger partial charge on any atom is 0.160 e. The number of aliphatic hydroxyl groups excluding tert-OH is 1. The Labute approximate surface area is 115 Å². The van der Waals surface area contributed by atoms with Gasteiger partial charge in [-0.15, -0.1) is 0 Å². The summed E-state index contributed by atoms with van der Waals surface area (Å²) in [5.41, 5.74) is 1.34. The maximum atomic E-state index is 9.66. The van der Waals surface area contributed by atoms with E-state index in [-0.39, 0.29) is 5.60 Å². The molecule has 1 N–H and O–H groups in total. The van der Waals surface area contributed by atoms with E-state index >= 15 is 0 Å². The fraction of sp³-hybridized carbons (Fsp3) is 0.733. The molecule has 1 aromatic heterocycles. The van der Waals surface area contributed by atoms with E-state index in [1.165, 1.54) is 19.3 Å². The van der Waals surface area contributed by atoms with Gasteiger partial charge < -0.3 is 9.84 Å². The molecule has 0 aromatic carbocycles. The molecule has 0 radical (unpaired) electrons. The first-order valence-electron chi connectivity index (χ1n) is 7.25. The second kappa shape index (κ2) is 5.97. The molecule has 106 valence electrons. The Morgan fingerprint density at radius 2 is 2.05 bits per heavy atom. The summed E-state index contributed by atoms with van der Waals surface area (Å²) in [6.07, 6.45) is 6.81. The summed E-state index contributed by atoms with van der Waals surface area (Å²) in [5.74, 6) is 0.788. The highest BCUT2D eigenvalue weighted by Crippen LogP contribution is 2.39. The van der Waals surface area contributed by atoms with E-state index < -0.39 is 6.10 Å². The summed E-state index contributed by atoms with van der Waals surface area (Å²) >= 11 is 0. The van der Waals surface area contributed by atoms with E-state index in [4.69, 9.17) is 4.74 Å². The molecule has 1 fully saturated rings. The molecular weight excluding hydrogens is 240 g/mol. The average Bonchev–Trinajstić information content (AvgIpc) is 2.39. The van der Waals surface area contributed by atoms with Crippen molar-refractivity contribution < 1.29 is 9.84 Å². The molecule has 0 amide bonds. The average molecular weight is 264 g/mol. The minimum atomic E-state index is -0.525. The molecule has 1 aliphatic rings. The minimum absolute atomic E-state index is 0.311. The van der Waals surface area contributed by atoms with E-state index in [2.05, 4.69) is 9.97 Å². The zero-order valence-corrected chi connectivity index (χ0v) is 12.1. The summed E-state index contributed by atoms with van der Waals surface area (Å²) in [6.45, 7) is 6.37. The van der Waals surface area contributed by atoms with Gasteiger partial charge in [0.05, 0.1) is 6.10 Å². The summed E-state index contributed by atoms with van der Waals surface area (Å²) in [5, 5.41) is 9.66. The Bertz CT molecular complexity index is 421. The maximum absolute atomic E-state index is 9.66. The lowest BCUT2D eigenvalue weighted by atomic mass is 9.83. The van der Waals surface area contributed by atoms with Crippen molar-refractivity contribution in [3.63, 3.8) is 0 Å². The molecule has 1 atom stereocenters. The SMILES string of the molecule is CCOC1(c2ncc([C@@H](C)O)c(C)n2)CCCCC1. The van der Waals surface area contributed by atoms with Gasteiger partial charge in [-0.1, -0.05) is 19.3 Å². The fourth-order valence-corrected chi connectivity index (χ4v) is 2.94. The zero-order chi connectivity index (χ0) is 13.9. The van der Waals surface area contributed by atoms with Crippen LogP contribution in [-0.4, -0.2) is 21.7 Å². The molecule has 1 heterocycles. The highest BCUT2D eigenvalue weighted by atomic mass is 16.5. The third-order valence-electron chi connectivity index (χ3n) is 3.96. The van der Waals surface area contributed by atoms with Crippen LogP contribution in [0.25, 0.3) is 0 Å². The van der Waals surface area contributed by atoms with E-state index in [1.54, 1.807) is 13.1 Å². The van der Waals surface area contributed by atoms with Crippen LogP contribution in [0.4, 0.5) is 0 Å². The molecule has 19 heavy (non-hydrogen) atoms. The Morgan fingerprint density at radius 1 is 1.37 bits per heavy atom. The standard InChI is InChI=1S/C15H24N2O2/c1-4-19-15(8-6-5-7-9-15)14-16-10-13(12(3)18)11(2)17-14/h10,12,18H,4-9H2,1-3H3/t12-/m1/s1. The third-order valence-corrected chi connectivity index (χ3v) is 3.96. The van der Waals surface area contributed by atoms with Gasteiger partial charge in [0.1, 0.15) is 5.60 Å². The zero-order valence-electron chi connectivity index (χ0n) is 12.1. The summed E-state index contributed by atoms with van der Waals surface area (Å²) in [6, 6.07) is 0. The molecule has 2 rings (SSSR count). The second-order valence-electron chi connectivity index (χ2n) is 5.40. The molecule has 0 unspecified atom stereocenters. The van der Waals surface area contributed by atoms with Crippen LogP contribution in [0.15, 0.2) is 6.20 Å². The molecule has 0 spiro atoms. The number of hydrogen-bond donors (Lipinski definition) is 1. The van der Waals surface area contributed by atoms with Gasteiger partial charge in [0.2, 0.25) is 0 Å². The lowest BCUT2D eigenvalue weighted by Crippen LogP contribution is -2.34. The van der Waals surface area contributed by atoms with Crippen molar-refractivity contribution in [2.75, 3.05) is 6.61 Å². The lowest BCUT2D eigenvalue weighted by molar-refractivity contribution is -0.0768. The smallest absolute Gasteiger partial charge is 0.160 e. The van der Waals surface area contributed by atoms with Gasteiger partial charge in [-0.2, -0.15) is 0 Å². The summed E-state index contributed by atoms with van der Waals surface area (Å²) in [7, 11) is 0. The monoisotopic (exact) mass is 264 g/mol. The molecule has 1 aliphatic carbocycles. The van der Waals surface area contributed by atoms with Gasteiger partial charge in [0, 0.05) is 24.1 Å². The van der Waals surface area contributed by atoms with Gasteiger partial charge in [0.25, 0.3) is 0 Å². The Kier molecular flexibility index (Phi) is 4.53. The van der Waals surface area contributed by atoms with Gasteiger partial charge in [-0.3, -0.25) is 0 Å². The molecular formula is C15H24N2O2. The van der Waals surface area contributed by atoms with Crippen molar-refractivity contribution in [2.45, 2.75) is 64.6 Å². The van der Waals surface area contributed by atoms with Crippen LogP contribution in [0.2, 0.25) is 0 Å². The first-order chi connectivity index (χ1) is 9.09. The number of aromatic nitrogens is 2. The third kappa shape index (κ3) is 2.95. The van der Waals surface area contributed by atoms with E-state index in [0.29, 0.717) is 6.61 Å². The highest BCUT2D eigenvalue weighted by molar-refractivity contribution is 5.20. The van der Waals surface area contributed by atoms with Gasteiger partial charge >= 0.3 is 0 Å². The number of rotatable bonds is 4. The Morgan fingerprint density at radius 3 is 2.58 bits per heavy atom. The molecule has 0 aliphatic heterocycles. The molecule has 0 bridgehead atoms. The van der Waals surface area contributed by atoms with E-state index in [9.17, 15) is 5.11 Å². The van der Waals surface area contributed by atoms with Crippen molar-refractivity contribution >= 4 is 0 Å². The number of hydrogen-bond acceptors (Lipinski definition) is 4. The normalized spacial score (nSPS) is 20.2. The topological polar surface area (TPSA) is 55.2 Å². The first-order valence-corrected chi connectivity index (χ1v) is 7.25. The van der Waals surface area contributed by atoms with Crippen LogP contribution in [0.3, 0.4) is 0 Å². The van der Waals surface area contributed by atoms with Crippen LogP contribution in [-0.2, 0) is 10.3 Å². The van der Waals surface area contributed by atoms with Gasteiger partial charge in [-0.25, -0.2) is 9.97 Å². The predicted octanol–water partition coefficient (Wildman–Crippen LogP) is 3.03. The molecule has 4 nitrogen and oxygen atoms in total. The van der Waals surface area contributed by atoms with Crippen LogP contribution in [0.5, 0.6) is 0 Å². The quantitative estimate of drug-likeness (QED) is 0.908. The second-order valence-corrected chi connectivity index (χ2v) is 5.40. The van der Waals surface area contributed by atoms with Crippen LogP contribution < -0.4 is 0 Å². The summed E-state index contributed by atoms with van der Waals surface area (Å²) < 4.78 is 6.02. The van der Waals surface area contributed by atoms with Crippen LogP contribution >= 0.6 is 0 Å². The largest absolute Gasteiger partial charge is 0.389 e. The van der Waals surface area contributed by atoms with E-state index in [0.717, 1.165) is 29.9 Å². The Balaban J connectivity index is 2.34. The fourth-order valence-electron chi connectivity index (χ4n) is 2.94. The van der Waals surface area contributed by atoms with Crippen molar-refractivity contribution in [2.24, 2.45) is 0 Å². The molecule has 1 saturated carbocycles. The minimum Gasteiger partial charge on any atom is -0.389 e. The summed E-state index contributed by atoms with van der Waals surface area (Å²) in [4.78, 5) is 9.09. The number of aliphatic hydroxyl groups is 1. The Hall–Kier alpha value is -1.00. The molecule has 4 heteroatoms. The lowest BCUT2D eigenvalue weighted by Gasteiger charge is -2.35. The van der Waals surface area contributed by atoms with Gasteiger partial charge in [0.15, 0.2) is 5.82 Å². The van der Waals surface area contributed by atoms with Gasteiger partial charge in [-0.05, 0) is 33.6 Å².